The van der Waals surface area contributed by atoms with Crippen molar-refractivity contribution in [1.82, 2.24) is 10.1 Å². The number of carbonyl (C=O) groups excluding carboxylic acids is 2. The van der Waals surface area contributed by atoms with Crippen LogP contribution in [0.15, 0.2) is 82.6 Å². The number of carbonyl (C=O) groups is 2. The van der Waals surface area contributed by atoms with Crippen LogP contribution in [0.5, 0.6) is 11.6 Å². The summed E-state index contributed by atoms with van der Waals surface area (Å²) < 4.78 is 17.8. The molecule has 1 fully saturated rings. The minimum absolute atomic E-state index is 0.0344. The molecule has 2 heterocycles. The molecular weight excluding hydrogens is 658 g/mol. The van der Waals surface area contributed by atoms with Crippen molar-refractivity contribution in [1.29, 1.82) is 0 Å². The molecule has 10 nitrogen and oxygen atoms in total. The van der Waals surface area contributed by atoms with Gasteiger partial charge in [0.15, 0.2) is 17.1 Å². The van der Waals surface area contributed by atoms with Crippen LogP contribution in [0.3, 0.4) is 0 Å². The lowest BCUT2D eigenvalue weighted by Crippen LogP contribution is -2.58. The van der Waals surface area contributed by atoms with Crippen LogP contribution in [0.2, 0.25) is 5.02 Å². The van der Waals surface area contributed by atoms with E-state index >= 15 is 0 Å². The number of aromatic nitrogens is 1. The van der Waals surface area contributed by atoms with Crippen LogP contribution < -0.4 is 15.2 Å². The van der Waals surface area contributed by atoms with Crippen LogP contribution in [0, 0.1) is 11.8 Å². The van der Waals surface area contributed by atoms with Crippen molar-refractivity contribution in [3.05, 3.63) is 122 Å². The third kappa shape index (κ3) is 5.07. The summed E-state index contributed by atoms with van der Waals surface area (Å²) in [6.07, 6.45) is 2.37. The van der Waals surface area contributed by atoms with Crippen molar-refractivity contribution < 1.29 is 33.8 Å². The Morgan fingerprint density at radius 2 is 1.72 bits per heavy atom. The fourth-order valence-electron chi connectivity index (χ4n) is 8.43. The topological polar surface area (TPSA) is 148 Å². The van der Waals surface area contributed by atoms with Gasteiger partial charge in [0.05, 0.1) is 11.6 Å². The van der Waals surface area contributed by atoms with E-state index in [1.54, 1.807) is 0 Å². The molecule has 0 spiro atoms. The van der Waals surface area contributed by atoms with Gasteiger partial charge in [0, 0.05) is 22.6 Å². The second-order valence-electron chi connectivity index (χ2n) is 13.6. The van der Waals surface area contributed by atoms with E-state index in [-0.39, 0.29) is 60.4 Å². The van der Waals surface area contributed by atoms with Gasteiger partial charge in [-0.3, -0.25) is 14.5 Å². The summed E-state index contributed by atoms with van der Waals surface area (Å²) >= 11 is 7.23. The van der Waals surface area contributed by atoms with Crippen molar-refractivity contribution in [2.24, 2.45) is 17.6 Å². The molecule has 11 heteroatoms. The van der Waals surface area contributed by atoms with Crippen LogP contribution in [-0.2, 0) is 19.6 Å². The summed E-state index contributed by atoms with van der Waals surface area (Å²) in [5, 5.41) is 28.6. The van der Waals surface area contributed by atoms with Gasteiger partial charge in [-0.2, -0.15) is 0 Å². The molecule has 3 aliphatic carbocycles. The van der Waals surface area contributed by atoms with Crippen molar-refractivity contribution in [2.75, 3.05) is 13.1 Å². The lowest BCUT2D eigenvalue weighted by atomic mass is 9.59. The maximum absolute atomic E-state index is 14.6. The fourth-order valence-corrected chi connectivity index (χ4v) is 8.78. The Labute approximate surface area is 294 Å². The zero-order valence-corrected chi connectivity index (χ0v) is 28.4. The highest BCUT2D eigenvalue weighted by atomic mass is 35.5. The van der Waals surface area contributed by atoms with E-state index in [1.165, 1.54) is 0 Å². The number of nitrogens with two attached hydrogens (primary N) is 1. The van der Waals surface area contributed by atoms with Gasteiger partial charge in [0.25, 0.3) is 5.88 Å². The molecular formula is C39H38ClN3O7. The number of halogens is 1. The summed E-state index contributed by atoms with van der Waals surface area (Å²) in [7, 11) is 0. The highest BCUT2D eigenvalue weighted by Gasteiger charge is 2.63. The van der Waals surface area contributed by atoms with E-state index in [1.807, 2.05) is 66.7 Å². The third-order valence-corrected chi connectivity index (χ3v) is 11.4. The van der Waals surface area contributed by atoms with Crippen LogP contribution in [0.4, 0.5) is 0 Å². The number of Topliss-reactive ketones (excluding diaryl/α,β-unsaturated/α-hetero) is 2. The van der Waals surface area contributed by atoms with E-state index in [9.17, 15) is 19.8 Å². The molecule has 1 saturated heterocycles. The maximum Gasteiger partial charge on any atom is 0.265 e. The number of benzene rings is 3. The summed E-state index contributed by atoms with van der Waals surface area (Å²) in [6, 6.07) is 19.9. The second kappa shape index (κ2) is 12.7. The Bertz CT molecular complexity index is 2010. The number of nitrogens with zero attached hydrogens (tertiary/aromatic N) is 2. The molecule has 4 aliphatic rings. The van der Waals surface area contributed by atoms with Crippen molar-refractivity contribution in [3.8, 4) is 11.6 Å². The van der Waals surface area contributed by atoms with Crippen LogP contribution in [0.1, 0.15) is 87.0 Å². The highest BCUT2D eigenvalue weighted by molar-refractivity contribution is 6.33. The number of aliphatic hydroxyl groups excluding tert-OH is 1. The fraction of sp³-hybridized carbons (Fsp3) is 0.359. The molecule has 258 valence electrons. The highest BCUT2D eigenvalue weighted by Crippen LogP contribution is 2.56. The van der Waals surface area contributed by atoms with Crippen LogP contribution >= 0.6 is 11.6 Å². The third-order valence-electron chi connectivity index (χ3n) is 11.0. The summed E-state index contributed by atoms with van der Waals surface area (Å²) in [4.78, 5) is 31.3. The average Bonchev–Trinajstić information content (AvgIpc) is 3.79. The molecule has 8 rings (SSSR count). The Morgan fingerprint density at radius 1 is 1.04 bits per heavy atom. The predicted octanol–water partition coefficient (Wildman–Crippen LogP) is 6.46. The second-order valence-corrected chi connectivity index (χ2v) is 14.0. The summed E-state index contributed by atoms with van der Waals surface area (Å²) in [6.45, 7) is 4.22. The Kier molecular flexibility index (Phi) is 8.30. The van der Waals surface area contributed by atoms with Gasteiger partial charge >= 0.3 is 0 Å². The molecule has 1 aromatic heterocycles. The SMILES string of the molecule is CCN1CCCC1c1cc(OCc2ccccc2)c2c(c1Cl)C[C@H]1C[C@H]3[C@H](N)c4onc(OCc5ccccc5)c4C(=O)[C@@]3(O)C(O)=C1C2=O. The van der Waals surface area contributed by atoms with Crippen molar-refractivity contribution >= 4 is 23.2 Å². The minimum atomic E-state index is -2.50. The van der Waals surface area contributed by atoms with Gasteiger partial charge in [0.1, 0.15) is 30.3 Å². The first-order valence-electron chi connectivity index (χ1n) is 17.2. The number of allylic oxidation sites excluding steroid dienone is 1. The maximum atomic E-state index is 14.6. The van der Waals surface area contributed by atoms with Crippen molar-refractivity contribution in [3.63, 3.8) is 0 Å². The van der Waals surface area contributed by atoms with E-state index in [0.29, 0.717) is 16.3 Å². The molecule has 0 saturated carbocycles. The van der Waals surface area contributed by atoms with Gasteiger partial charge in [-0.05, 0) is 78.2 Å². The van der Waals surface area contributed by atoms with Crippen molar-refractivity contribution in [2.45, 2.75) is 63.5 Å². The van der Waals surface area contributed by atoms with E-state index in [0.717, 1.165) is 42.6 Å². The Morgan fingerprint density at radius 3 is 2.40 bits per heavy atom. The number of likely N-dealkylation sites (tertiary alicyclic amines) is 1. The number of ketones is 2. The molecule has 50 heavy (non-hydrogen) atoms. The van der Waals surface area contributed by atoms with Gasteiger partial charge in [-0.1, -0.05) is 79.2 Å². The van der Waals surface area contributed by atoms with Gasteiger partial charge in [-0.15, -0.1) is 0 Å². The molecule has 1 unspecified atom stereocenters. The minimum Gasteiger partial charge on any atom is -0.508 e. The summed E-state index contributed by atoms with van der Waals surface area (Å²) in [5.74, 6) is -3.40. The smallest absolute Gasteiger partial charge is 0.265 e. The molecule has 4 aromatic rings. The first-order chi connectivity index (χ1) is 24.2. The molecule has 0 bridgehead atoms. The molecule has 0 radical (unpaired) electrons. The quantitative estimate of drug-likeness (QED) is 0.188. The first-order valence-corrected chi connectivity index (χ1v) is 17.5. The Hall–Kier alpha value is -4.48. The lowest BCUT2D eigenvalue weighted by molar-refractivity contribution is -0.0356. The molecule has 3 aromatic carbocycles. The van der Waals surface area contributed by atoms with E-state index < -0.39 is 40.8 Å². The van der Waals surface area contributed by atoms with Gasteiger partial charge < -0.3 is 29.9 Å². The lowest BCUT2D eigenvalue weighted by Gasteiger charge is -2.47. The number of ether oxygens (including phenoxy) is 2. The number of hydrogen-bond acceptors (Lipinski definition) is 10. The van der Waals surface area contributed by atoms with E-state index in [2.05, 4.69) is 17.0 Å². The molecule has 5 atom stereocenters. The average molecular weight is 696 g/mol. The normalized spacial score (nSPS) is 25.9. The standard InChI is InChI=1S/C39H38ClN3O7/c1-2-43-15-9-14-27(43)24-18-28(48-19-21-10-5-3-6-11-21)30-25(32(24)40)16-23-17-26-33(41)35-31(37(46)39(26,47)36(45)29(23)34(30)44)38(42-50-35)49-20-22-12-7-4-8-13-22/h3-8,10-13,18,23,26-27,33,45,47H,2,9,14-17,19-20,41H2,1H3/t23-,26-,27?,33-,39-/m0/s1. The van der Waals surface area contributed by atoms with E-state index in [4.69, 9.17) is 31.3 Å². The van der Waals surface area contributed by atoms with Crippen LogP contribution in [-0.4, -0.2) is 50.5 Å². The number of hydrogen-bond donors (Lipinski definition) is 3. The molecule has 0 amide bonds. The number of rotatable bonds is 8. The first kappa shape index (κ1) is 32.7. The number of aliphatic hydroxyl groups is 2. The van der Waals surface area contributed by atoms with Gasteiger partial charge in [0.2, 0.25) is 5.78 Å². The Balaban J connectivity index is 1.20. The van der Waals surface area contributed by atoms with Gasteiger partial charge in [-0.25, -0.2) is 0 Å². The zero-order valence-electron chi connectivity index (χ0n) is 27.6. The summed E-state index contributed by atoms with van der Waals surface area (Å²) in [5.41, 5.74) is 7.55. The monoisotopic (exact) mass is 695 g/mol. The predicted molar refractivity (Wildman–Crippen MR) is 184 cm³/mol. The molecule has 1 aliphatic heterocycles. The van der Waals surface area contributed by atoms with Crippen LogP contribution in [0.25, 0.3) is 0 Å². The molecule has 4 N–H and O–H groups in total. The largest absolute Gasteiger partial charge is 0.508 e. The number of fused-ring (bicyclic) bond motifs is 4. The zero-order chi connectivity index (χ0) is 34.7.